The normalized spacial score (nSPS) is 12.2. The van der Waals surface area contributed by atoms with Crippen molar-refractivity contribution in [2.75, 3.05) is 0 Å². The zero-order valence-electron chi connectivity index (χ0n) is 75.3. The van der Waals surface area contributed by atoms with E-state index in [1.807, 2.05) is 0 Å². The molecule has 0 aromatic carbocycles. The average Bonchev–Trinajstić information content (AvgIpc) is 0.816. The van der Waals surface area contributed by atoms with Crippen molar-refractivity contribution < 1.29 is 1.41 Å². The Hall–Kier alpha value is 1.56. The molecule has 0 rings (SSSR count). The molecule has 0 saturated carbocycles. The maximum absolute atomic E-state index is 9.16. The molecule has 1 nitrogen and oxygen atoms in total. The van der Waals surface area contributed by atoms with Crippen LogP contribution in [0.4, 0.5) is 0 Å². The monoisotopic (exact) mass is 1690 g/mol. The second kappa shape index (κ2) is 94.4. The van der Waals surface area contributed by atoms with E-state index in [-0.39, 0.29) is 0 Å². The molecule has 0 aliphatic rings. The van der Waals surface area contributed by atoms with Crippen molar-refractivity contribution >= 4 is 37.6 Å². The molecular weight excluding hydrogens is 1480 g/mol. The van der Waals surface area contributed by atoms with Gasteiger partial charge in [-0.25, -0.2) is 0 Å². The van der Waals surface area contributed by atoms with Gasteiger partial charge in [-0.3, -0.25) is 0 Å². The minimum atomic E-state index is -3.07. The summed E-state index contributed by atoms with van der Waals surface area (Å²) in [5.74, 6) is 0. The molecule has 105 heavy (non-hydrogen) atoms. The summed E-state index contributed by atoms with van der Waals surface area (Å²) in [7, 11) is 0. The Bertz CT molecular complexity index is 1220. The molecule has 0 atom stereocenters. The van der Waals surface area contributed by atoms with Gasteiger partial charge in [-0.05, 0) is 0 Å². The Morgan fingerprint density at radius 1 is 0.0952 bits per heavy atom. The minimum Gasteiger partial charge on any atom is -0.0654 e. The van der Waals surface area contributed by atoms with Crippen LogP contribution in [0.5, 0.6) is 0 Å². The Labute approximate surface area is 679 Å². The van der Waals surface area contributed by atoms with Crippen molar-refractivity contribution in [3.8, 4) is 0 Å². The van der Waals surface area contributed by atoms with E-state index in [4.69, 9.17) is 1.41 Å². The summed E-state index contributed by atoms with van der Waals surface area (Å²) >= 11 is -6.14. The van der Waals surface area contributed by atoms with E-state index in [2.05, 4.69) is 41.5 Å². The number of hydrogen-bond donors (Lipinski definition) is 0. The predicted octanol–water partition coefficient (Wildman–Crippen LogP) is 40.1. The fraction of sp³-hybridized carbons (Fsp3) is 1.00. The summed E-state index contributed by atoms with van der Waals surface area (Å²) in [5.41, 5.74) is 0. The van der Waals surface area contributed by atoms with Crippen molar-refractivity contribution in [1.29, 1.82) is 0 Å². The first kappa shape index (κ1) is 107. The molecule has 0 radical (unpaired) electrons. The summed E-state index contributed by atoms with van der Waals surface area (Å²) in [6.07, 6.45) is 134. The van der Waals surface area contributed by atoms with Gasteiger partial charge in [0.05, 0.1) is 0 Å². The second-order valence-electron chi connectivity index (χ2n) is 36.7. The van der Waals surface area contributed by atoms with Gasteiger partial charge in [-0.15, -0.1) is 0 Å². The van der Waals surface area contributed by atoms with Crippen LogP contribution in [0.1, 0.15) is 619 Å². The molecule has 3 heteroatoms. The van der Waals surface area contributed by atoms with Crippen molar-refractivity contribution in [3.63, 3.8) is 0 Å². The summed E-state index contributed by atoms with van der Waals surface area (Å²) in [6, 6.07) is 0. The van der Waals surface area contributed by atoms with Gasteiger partial charge in [0.15, 0.2) is 0 Å². The molecule has 0 unspecified atom stereocenters. The van der Waals surface area contributed by atoms with Crippen molar-refractivity contribution in [2.24, 2.45) is 0 Å². The van der Waals surface area contributed by atoms with Crippen LogP contribution in [0.25, 0.3) is 0 Å². The Morgan fingerprint density at radius 3 is 0.238 bits per heavy atom. The fourth-order valence-corrected chi connectivity index (χ4v) is 71.7. The SMILES string of the molecule is CCCCCCCCCCCCCCCC[CH2][Sn]([CH2]CCCCCCCCCCCCCCCC)([CH2]CCCCCCCCCCCCCCCC)[O][Sn]([CH2]CCCCCCCCCCCCCCCC)([CH2]CCCCCCCCCCCCCCCC)[CH2]CCCCCCCCCCCCCCCC. The topological polar surface area (TPSA) is 9.23 Å². The maximum atomic E-state index is 9.16. The molecule has 0 aromatic rings. The molecule has 0 bridgehead atoms. The van der Waals surface area contributed by atoms with Gasteiger partial charge in [-0.1, -0.05) is 196 Å². The van der Waals surface area contributed by atoms with Crippen molar-refractivity contribution in [3.05, 3.63) is 0 Å². The van der Waals surface area contributed by atoms with Gasteiger partial charge in [0.25, 0.3) is 0 Å². The number of rotatable bonds is 98. The van der Waals surface area contributed by atoms with E-state index in [0.717, 1.165) is 0 Å². The van der Waals surface area contributed by atoms with Crippen LogP contribution >= 0.6 is 0 Å². The summed E-state index contributed by atoms with van der Waals surface area (Å²) in [5, 5.41) is 0. The molecule has 0 aliphatic carbocycles. The number of unbranched alkanes of at least 4 members (excludes halogenated alkanes) is 84. The molecular formula is C102H210OSn2. The van der Waals surface area contributed by atoms with Gasteiger partial charge < -0.3 is 0 Å². The minimum absolute atomic E-state index is 1.37. The second-order valence-corrected chi connectivity index (χ2v) is 63.2. The zero-order chi connectivity index (χ0) is 75.6. The Kier molecular flexibility index (Phi) is 95.8. The van der Waals surface area contributed by atoms with Gasteiger partial charge in [-0.2, -0.15) is 0 Å². The van der Waals surface area contributed by atoms with E-state index in [1.165, 1.54) is 578 Å². The van der Waals surface area contributed by atoms with Crippen molar-refractivity contribution in [1.82, 2.24) is 0 Å². The van der Waals surface area contributed by atoms with Crippen LogP contribution in [0, 0.1) is 0 Å². The molecule has 0 spiro atoms. The van der Waals surface area contributed by atoms with Crippen molar-refractivity contribution in [2.45, 2.75) is 646 Å². The smallest absolute Gasteiger partial charge is 0.0654 e. The van der Waals surface area contributed by atoms with Crippen LogP contribution < -0.4 is 0 Å². The van der Waals surface area contributed by atoms with Crippen LogP contribution in [-0.4, -0.2) is 37.6 Å². The standard InChI is InChI=1S/6C17H35.O.2Sn/c6*1-3-5-7-9-11-13-15-17-16-14-12-10-8-6-4-2;;;/h6*1,3-17H2,2H3;;;. The Balaban J connectivity index is 6.81. The van der Waals surface area contributed by atoms with E-state index < -0.39 is 37.6 Å². The third-order valence-corrected chi connectivity index (χ3v) is 66.6. The van der Waals surface area contributed by atoms with Gasteiger partial charge >= 0.3 is 489 Å². The summed E-state index contributed by atoms with van der Waals surface area (Å²) < 4.78 is 18.8. The molecule has 632 valence electrons. The third kappa shape index (κ3) is 84.8. The van der Waals surface area contributed by atoms with E-state index in [1.54, 1.807) is 26.6 Å². The molecule has 0 saturated heterocycles. The Morgan fingerprint density at radius 2 is 0.162 bits per heavy atom. The molecule has 0 amide bonds. The zero-order valence-corrected chi connectivity index (χ0v) is 81.0. The van der Waals surface area contributed by atoms with Gasteiger partial charge in [0.2, 0.25) is 0 Å². The van der Waals surface area contributed by atoms with Crippen LogP contribution in [0.2, 0.25) is 26.6 Å². The molecule has 0 fully saturated rings. The van der Waals surface area contributed by atoms with Crippen LogP contribution in [0.3, 0.4) is 0 Å². The van der Waals surface area contributed by atoms with E-state index in [9.17, 15) is 0 Å². The third-order valence-electron chi connectivity index (χ3n) is 25.8. The molecule has 0 aliphatic heterocycles. The van der Waals surface area contributed by atoms with Gasteiger partial charge in [0, 0.05) is 0 Å². The van der Waals surface area contributed by atoms with Gasteiger partial charge in [0.1, 0.15) is 0 Å². The first-order chi connectivity index (χ1) is 52.1. The first-order valence-electron chi connectivity index (χ1n) is 51.8. The number of hydrogen-bond acceptors (Lipinski definition) is 1. The first-order valence-corrected chi connectivity index (χ1v) is 66.2. The quantitative estimate of drug-likeness (QED) is 0.0436. The van der Waals surface area contributed by atoms with E-state index >= 15 is 0 Å². The molecule has 0 aromatic heterocycles. The summed E-state index contributed by atoms with van der Waals surface area (Å²) in [4.78, 5) is 0. The molecule has 0 heterocycles. The molecule has 0 N–H and O–H groups in total. The van der Waals surface area contributed by atoms with E-state index in [0.29, 0.717) is 0 Å². The predicted molar refractivity (Wildman–Crippen MR) is 491 cm³/mol. The average molecular weight is 1690 g/mol. The summed E-state index contributed by atoms with van der Waals surface area (Å²) in [6.45, 7) is 14.1. The van der Waals surface area contributed by atoms with Crippen LogP contribution in [-0.2, 0) is 1.41 Å². The van der Waals surface area contributed by atoms with Crippen LogP contribution in [0.15, 0.2) is 0 Å². The fourth-order valence-electron chi connectivity index (χ4n) is 18.4.